The molecule has 3 aromatic carbocycles. The van der Waals surface area contributed by atoms with Crippen LogP contribution in [0.15, 0.2) is 72.8 Å². The Kier molecular flexibility index (Phi) is 7.63. The molecule has 1 unspecified atom stereocenters. The van der Waals surface area contributed by atoms with Gasteiger partial charge in [-0.2, -0.15) is 0 Å². The Labute approximate surface area is 233 Å². The van der Waals surface area contributed by atoms with E-state index >= 15 is 0 Å². The first-order valence-corrected chi connectivity index (χ1v) is 11.0. The van der Waals surface area contributed by atoms with Gasteiger partial charge in [0.2, 0.25) is 6.29 Å². The fourth-order valence-corrected chi connectivity index (χ4v) is 4.56. The van der Waals surface area contributed by atoms with E-state index in [1.54, 1.807) is 48.5 Å². The number of carboxylic acids is 1. The number of ether oxygens (including phenoxy) is 3. The molecule has 0 spiro atoms. The number of carbonyl (C=O) groups is 2. The molecule has 1 saturated heterocycles. The Balaban J connectivity index is 0.00000320. The number of phenolic OH excluding ortho intramolecular Hbond substituents is 1. The molecule has 0 bridgehead atoms. The fourth-order valence-electron chi connectivity index (χ4n) is 4.56. The number of aliphatic hydroxyl groups excluding tert-OH is 3. The Morgan fingerprint density at radius 2 is 1.43 bits per heavy atom. The summed E-state index contributed by atoms with van der Waals surface area (Å²) in [5.74, 6) is -1.82. The maximum absolute atomic E-state index is 12.8. The minimum atomic E-state index is -1.83. The molecule has 10 nitrogen and oxygen atoms in total. The average molecular weight is 517 g/mol. The number of carboxylic acid groups (broad SMARTS) is 1. The van der Waals surface area contributed by atoms with E-state index in [0.717, 1.165) is 0 Å². The molecule has 2 aliphatic rings. The largest absolute Gasteiger partial charge is 0.508 e. The van der Waals surface area contributed by atoms with Crippen LogP contribution in [0.4, 0.5) is 0 Å². The topological polar surface area (TPSA) is 163 Å². The van der Waals surface area contributed by atoms with Gasteiger partial charge in [-0.15, -0.1) is 0 Å². The number of hydrogen-bond donors (Lipinski definition) is 5. The average Bonchev–Trinajstić information content (AvgIpc) is 3.18. The molecule has 0 aliphatic carbocycles. The number of hydrogen-bond acceptors (Lipinski definition) is 9. The Hall–Kier alpha value is -2.96. The van der Waals surface area contributed by atoms with Crippen molar-refractivity contribution in [1.82, 2.24) is 0 Å². The Morgan fingerprint density at radius 3 is 2.05 bits per heavy atom. The predicted molar refractivity (Wildman–Crippen MR) is 127 cm³/mol. The van der Waals surface area contributed by atoms with E-state index in [0.29, 0.717) is 22.3 Å². The van der Waals surface area contributed by atoms with Gasteiger partial charge in [-0.05, 0) is 30.3 Å². The molecule has 1 radical (unpaired) electrons. The SMILES string of the molecule is O=C1OC(c2ccc(O)cc2)(c2ccc(O[C@@H]3O[C@H](C(=O)O)[C@@H](O)[C@H](O)[C@H]3O)cc2)c2ccccc21.[Na]. The molecule has 0 aromatic heterocycles. The van der Waals surface area contributed by atoms with Crippen LogP contribution in [0.1, 0.15) is 27.0 Å². The van der Waals surface area contributed by atoms with Crippen molar-refractivity contribution < 1.29 is 49.3 Å². The van der Waals surface area contributed by atoms with Crippen LogP contribution in [0.25, 0.3) is 0 Å². The summed E-state index contributed by atoms with van der Waals surface area (Å²) in [6.07, 6.45) is -8.69. The van der Waals surface area contributed by atoms with Crippen LogP contribution >= 0.6 is 0 Å². The second-order valence-corrected chi connectivity index (χ2v) is 8.54. The second-order valence-electron chi connectivity index (χ2n) is 8.54. The van der Waals surface area contributed by atoms with Crippen molar-refractivity contribution in [2.24, 2.45) is 0 Å². The second kappa shape index (κ2) is 10.4. The first kappa shape index (κ1) is 27.1. The standard InChI is InChI=1S/C26H22O10.Na/c27-15-9-5-13(6-10-15)26(18-4-2-1-3-17(18)24(33)36-26)14-7-11-16(12-8-14)34-25-21(30)19(28)20(29)22(35-25)23(31)32;/h1-12,19-22,25,27-30H,(H,31,32);/t19-,20-,21+,22-,25+,26?;/m0./s1. The first-order valence-electron chi connectivity index (χ1n) is 11.0. The van der Waals surface area contributed by atoms with E-state index in [1.165, 1.54) is 24.3 Å². The monoisotopic (exact) mass is 517 g/mol. The van der Waals surface area contributed by atoms with E-state index < -0.39 is 48.2 Å². The summed E-state index contributed by atoms with van der Waals surface area (Å²) in [5, 5.41) is 49.1. The van der Waals surface area contributed by atoms with Crippen LogP contribution in [0.3, 0.4) is 0 Å². The zero-order valence-electron chi connectivity index (χ0n) is 19.6. The number of rotatable bonds is 5. The van der Waals surface area contributed by atoms with E-state index in [2.05, 4.69) is 0 Å². The van der Waals surface area contributed by atoms with Gasteiger partial charge in [-0.1, -0.05) is 42.5 Å². The minimum absolute atomic E-state index is 0. The third-order valence-electron chi connectivity index (χ3n) is 6.37. The maximum Gasteiger partial charge on any atom is 0.340 e. The number of aliphatic carboxylic acids is 1. The van der Waals surface area contributed by atoms with Crippen LogP contribution in [0, 0.1) is 0 Å². The molecular weight excluding hydrogens is 495 g/mol. The maximum atomic E-state index is 12.8. The third-order valence-corrected chi connectivity index (χ3v) is 6.37. The van der Waals surface area contributed by atoms with Crippen LogP contribution in [-0.4, -0.2) is 97.7 Å². The number of fused-ring (bicyclic) bond motifs is 1. The number of carbonyl (C=O) groups excluding carboxylic acids is 1. The van der Waals surface area contributed by atoms with Crippen LogP contribution in [0.2, 0.25) is 0 Å². The van der Waals surface area contributed by atoms with Gasteiger partial charge < -0.3 is 39.7 Å². The number of esters is 1. The molecule has 6 atom stereocenters. The van der Waals surface area contributed by atoms with E-state index in [9.17, 15) is 35.1 Å². The molecule has 1 fully saturated rings. The Morgan fingerprint density at radius 1 is 0.838 bits per heavy atom. The molecule has 0 saturated carbocycles. The number of benzene rings is 3. The first-order chi connectivity index (χ1) is 17.2. The molecule has 5 N–H and O–H groups in total. The molecule has 2 aliphatic heterocycles. The van der Waals surface area contributed by atoms with Crippen LogP contribution < -0.4 is 4.74 Å². The van der Waals surface area contributed by atoms with Gasteiger partial charge in [-0.25, -0.2) is 9.59 Å². The number of cyclic esters (lactones) is 1. The minimum Gasteiger partial charge on any atom is -0.508 e. The molecule has 187 valence electrons. The third kappa shape index (κ3) is 4.62. The summed E-state index contributed by atoms with van der Waals surface area (Å²) < 4.78 is 16.7. The Bertz CT molecular complexity index is 1300. The van der Waals surface area contributed by atoms with Crippen LogP contribution in [0.5, 0.6) is 11.5 Å². The zero-order valence-corrected chi connectivity index (χ0v) is 21.6. The van der Waals surface area contributed by atoms with Gasteiger partial charge in [-0.3, -0.25) is 0 Å². The van der Waals surface area contributed by atoms with Crippen LogP contribution in [-0.2, 0) is 19.9 Å². The molecular formula is C26H22NaO10. The quantitative estimate of drug-likeness (QED) is 0.241. The van der Waals surface area contributed by atoms with Gasteiger partial charge in [0.25, 0.3) is 0 Å². The van der Waals surface area contributed by atoms with Gasteiger partial charge >= 0.3 is 11.9 Å². The summed E-state index contributed by atoms with van der Waals surface area (Å²) in [5.41, 5.74) is 0.858. The molecule has 5 rings (SSSR count). The van der Waals surface area contributed by atoms with Crippen molar-refractivity contribution in [3.63, 3.8) is 0 Å². The molecule has 11 heteroatoms. The molecule has 0 amide bonds. The van der Waals surface area contributed by atoms with Gasteiger partial charge in [0, 0.05) is 46.2 Å². The van der Waals surface area contributed by atoms with Crippen molar-refractivity contribution in [3.8, 4) is 11.5 Å². The smallest absolute Gasteiger partial charge is 0.340 e. The number of aromatic hydroxyl groups is 1. The van der Waals surface area contributed by atoms with Crippen molar-refractivity contribution in [3.05, 3.63) is 95.1 Å². The fraction of sp³-hybridized carbons (Fsp3) is 0.231. The normalized spacial score (nSPS) is 28.5. The summed E-state index contributed by atoms with van der Waals surface area (Å²) in [7, 11) is 0. The van der Waals surface area contributed by atoms with E-state index in [-0.39, 0.29) is 41.1 Å². The van der Waals surface area contributed by atoms with Crippen molar-refractivity contribution in [2.45, 2.75) is 36.3 Å². The summed E-state index contributed by atoms with van der Waals surface area (Å²) in [4.78, 5) is 24.1. The van der Waals surface area contributed by atoms with Gasteiger partial charge in [0.15, 0.2) is 11.7 Å². The summed E-state index contributed by atoms with van der Waals surface area (Å²) in [6, 6.07) is 19.5. The number of aliphatic hydroxyl groups is 3. The summed E-state index contributed by atoms with van der Waals surface area (Å²) in [6.45, 7) is 0. The molecule has 3 aromatic rings. The van der Waals surface area contributed by atoms with E-state index in [1.807, 2.05) is 0 Å². The summed E-state index contributed by atoms with van der Waals surface area (Å²) >= 11 is 0. The van der Waals surface area contributed by atoms with Gasteiger partial charge in [0.05, 0.1) is 5.56 Å². The molecule has 2 heterocycles. The predicted octanol–water partition coefficient (Wildman–Crippen LogP) is 0.745. The number of phenols is 1. The zero-order chi connectivity index (χ0) is 25.6. The van der Waals surface area contributed by atoms with Crippen molar-refractivity contribution in [2.75, 3.05) is 0 Å². The van der Waals surface area contributed by atoms with E-state index in [4.69, 9.17) is 14.2 Å². The molecule has 37 heavy (non-hydrogen) atoms. The van der Waals surface area contributed by atoms with Gasteiger partial charge in [0.1, 0.15) is 29.8 Å². The van der Waals surface area contributed by atoms with Crippen molar-refractivity contribution in [1.29, 1.82) is 0 Å². The van der Waals surface area contributed by atoms with Crippen molar-refractivity contribution >= 4 is 41.5 Å².